The minimum absolute atomic E-state index is 0.132. The van der Waals surface area contributed by atoms with Crippen LogP contribution in [0.25, 0.3) is 0 Å². The van der Waals surface area contributed by atoms with Crippen molar-refractivity contribution in [2.45, 2.75) is 33.0 Å². The SMILES string of the molecule is CCOC(=O)c1c(C)[nH]c(C(O)C(O)CS)c1C. The molecule has 2 unspecified atom stereocenters. The number of aryl methyl sites for hydroxylation is 1. The van der Waals surface area contributed by atoms with Crippen LogP contribution in [-0.2, 0) is 4.74 Å². The molecule has 102 valence electrons. The van der Waals surface area contributed by atoms with Gasteiger partial charge in [-0.3, -0.25) is 0 Å². The number of aliphatic hydroxyl groups is 2. The molecule has 0 radical (unpaired) electrons. The number of carbonyl (C=O) groups is 1. The molecule has 0 saturated carbocycles. The second-order valence-electron chi connectivity index (χ2n) is 4.08. The van der Waals surface area contributed by atoms with Crippen molar-refractivity contribution >= 4 is 18.6 Å². The summed E-state index contributed by atoms with van der Waals surface area (Å²) in [5.74, 6) is -0.296. The standard InChI is InChI=1S/C12H19NO4S/c1-4-17-12(16)9-6(2)10(13-7(9)3)11(15)8(14)5-18/h8,11,13-15,18H,4-5H2,1-3H3. The van der Waals surface area contributed by atoms with E-state index in [1.807, 2.05) is 0 Å². The van der Waals surface area contributed by atoms with Gasteiger partial charge in [0.05, 0.1) is 24.0 Å². The second-order valence-corrected chi connectivity index (χ2v) is 4.44. The zero-order valence-corrected chi connectivity index (χ0v) is 11.6. The van der Waals surface area contributed by atoms with Gasteiger partial charge >= 0.3 is 5.97 Å². The van der Waals surface area contributed by atoms with Gasteiger partial charge in [-0.15, -0.1) is 0 Å². The number of rotatable bonds is 5. The van der Waals surface area contributed by atoms with Crippen molar-refractivity contribution in [3.8, 4) is 0 Å². The molecule has 0 saturated heterocycles. The van der Waals surface area contributed by atoms with Crippen molar-refractivity contribution in [2.75, 3.05) is 12.4 Å². The van der Waals surface area contributed by atoms with E-state index in [1.165, 1.54) is 0 Å². The lowest BCUT2D eigenvalue weighted by atomic mass is 10.1. The molecule has 2 atom stereocenters. The topological polar surface area (TPSA) is 82.6 Å². The van der Waals surface area contributed by atoms with Crippen LogP contribution in [0.5, 0.6) is 0 Å². The van der Waals surface area contributed by atoms with Gasteiger partial charge in [-0.2, -0.15) is 12.6 Å². The number of aromatic amines is 1. The molecule has 0 aliphatic heterocycles. The summed E-state index contributed by atoms with van der Waals surface area (Å²) in [5.41, 5.74) is 2.06. The summed E-state index contributed by atoms with van der Waals surface area (Å²) in [6, 6.07) is 0. The normalized spacial score (nSPS) is 14.3. The Balaban J connectivity index is 3.11. The van der Waals surface area contributed by atoms with Crippen LogP contribution in [0.15, 0.2) is 0 Å². The zero-order chi connectivity index (χ0) is 13.9. The fourth-order valence-electron chi connectivity index (χ4n) is 1.87. The Hall–Kier alpha value is -0.980. The summed E-state index contributed by atoms with van der Waals surface area (Å²) in [7, 11) is 0. The minimum Gasteiger partial charge on any atom is -0.462 e. The van der Waals surface area contributed by atoms with E-state index < -0.39 is 18.2 Å². The van der Waals surface area contributed by atoms with Gasteiger partial charge < -0.3 is 19.9 Å². The first-order valence-corrected chi connectivity index (χ1v) is 6.40. The number of H-pyrrole nitrogens is 1. The fraction of sp³-hybridized carbons (Fsp3) is 0.583. The van der Waals surface area contributed by atoms with E-state index in [1.54, 1.807) is 20.8 Å². The number of ether oxygens (including phenoxy) is 1. The van der Waals surface area contributed by atoms with E-state index in [-0.39, 0.29) is 5.75 Å². The molecule has 1 rings (SSSR count). The van der Waals surface area contributed by atoms with E-state index in [4.69, 9.17) is 4.74 Å². The first-order chi connectivity index (χ1) is 8.43. The average Bonchev–Trinajstić information content (AvgIpc) is 2.63. The predicted octanol–water partition coefficient (Wildman–Crippen LogP) is 1.13. The molecule has 0 amide bonds. The number of esters is 1. The number of aromatic nitrogens is 1. The van der Waals surface area contributed by atoms with Gasteiger partial charge in [0.15, 0.2) is 0 Å². The Morgan fingerprint density at radius 3 is 2.56 bits per heavy atom. The fourth-order valence-corrected chi connectivity index (χ4v) is 2.07. The highest BCUT2D eigenvalue weighted by molar-refractivity contribution is 7.80. The second kappa shape index (κ2) is 6.26. The van der Waals surface area contributed by atoms with E-state index in [9.17, 15) is 15.0 Å². The number of aliphatic hydroxyl groups excluding tert-OH is 2. The molecule has 0 aliphatic rings. The highest BCUT2D eigenvalue weighted by atomic mass is 32.1. The third-order valence-electron chi connectivity index (χ3n) is 2.80. The Morgan fingerprint density at radius 2 is 2.06 bits per heavy atom. The van der Waals surface area contributed by atoms with Crippen molar-refractivity contribution in [1.29, 1.82) is 0 Å². The monoisotopic (exact) mass is 273 g/mol. The highest BCUT2D eigenvalue weighted by Gasteiger charge is 2.26. The Kier molecular flexibility index (Phi) is 5.25. The maximum Gasteiger partial charge on any atom is 0.340 e. The van der Waals surface area contributed by atoms with Gasteiger partial charge in [-0.1, -0.05) is 0 Å². The van der Waals surface area contributed by atoms with Crippen LogP contribution < -0.4 is 0 Å². The van der Waals surface area contributed by atoms with E-state index >= 15 is 0 Å². The molecule has 18 heavy (non-hydrogen) atoms. The quantitative estimate of drug-likeness (QED) is 0.479. The number of thiol groups is 1. The molecule has 1 heterocycles. The third kappa shape index (κ3) is 2.88. The lowest BCUT2D eigenvalue weighted by Crippen LogP contribution is -2.21. The first-order valence-electron chi connectivity index (χ1n) is 5.77. The summed E-state index contributed by atoms with van der Waals surface area (Å²) < 4.78 is 4.95. The highest BCUT2D eigenvalue weighted by Crippen LogP contribution is 2.26. The van der Waals surface area contributed by atoms with Crippen LogP contribution in [0.2, 0.25) is 0 Å². The van der Waals surface area contributed by atoms with Crippen molar-refractivity contribution < 1.29 is 19.7 Å². The van der Waals surface area contributed by atoms with Crippen molar-refractivity contribution in [2.24, 2.45) is 0 Å². The maximum absolute atomic E-state index is 11.8. The Bertz CT molecular complexity index is 430. The first kappa shape index (κ1) is 15.1. The lowest BCUT2D eigenvalue weighted by Gasteiger charge is -2.15. The van der Waals surface area contributed by atoms with Gasteiger partial charge in [-0.05, 0) is 26.3 Å². The van der Waals surface area contributed by atoms with Gasteiger partial charge in [0.1, 0.15) is 6.10 Å². The summed E-state index contributed by atoms with van der Waals surface area (Å²) in [5, 5.41) is 19.5. The van der Waals surface area contributed by atoms with Crippen LogP contribution in [0.1, 0.15) is 40.3 Å². The number of carbonyl (C=O) groups excluding carboxylic acids is 1. The molecular weight excluding hydrogens is 254 g/mol. The smallest absolute Gasteiger partial charge is 0.340 e. The molecular formula is C12H19NO4S. The van der Waals surface area contributed by atoms with Crippen molar-refractivity contribution in [3.63, 3.8) is 0 Å². The number of hydrogen-bond donors (Lipinski definition) is 4. The molecule has 5 nitrogen and oxygen atoms in total. The van der Waals surface area contributed by atoms with Gasteiger partial charge in [-0.25, -0.2) is 4.79 Å². The molecule has 0 bridgehead atoms. The molecule has 0 aromatic carbocycles. The van der Waals surface area contributed by atoms with Gasteiger partial charge in [0, 0.05) is 11.4 Å². The Morgan fingerprint density at radius 1 is 1.44 bits per heavy atom. The molecule has 3 N–H and O–H groups in total. The van der Waals surface area contributed by atoms with Crippen molar-refractivity contribution in [1.82, 2.24) is 4.98 Å². The predicted molar refractivity (Wildman–Crippen MR) is 71.0 cm³/mol. The van der Waals surface area contributed by atoms with Crippen LogP contribution in [-0.4, -0.2) is 39.6 Å². The van der Waals surface area contributed by atoms with E-state index in [2.05, 4.69) is 17.6 Å². The summed E-state index contributed by atoms with van der Waals surface area (Å²) in [6.45, 7) is 5.46. The number of nitrogens with one attached hydrogen (secondary N) is 1. The Labute approximate surface area is 112 Å². The van der Waals surface area contributed by atoms with Crippen molar-refractivity contribution in [3.05, 3.63) is 22.5 Å². The van der Waals surface area contributed by atoms with Crippen LogP contribution >= 0.6 is 12.6 Å². The minimum atomic E-state index is -1.09. The summed E-state index contributed by atoms with van der Waals surface area (Å²) in [6.07, 6.45) is -2.08. The maximum atomic E-state index is 11.8. The molecule has 1 aromatic rings. The molecule has 6 heteroatoms. The van der Waals surface area contributed by atoms with Gasteiger partial charge in [0.25, 0.3) is 0 Å². The third-order valence-corrected chi connectivity index (χ3v) is 3.18. The zero-order valence-electron chi connectivity index (χ0n) is 10.7. The largest absolute Gasteiger partial charge is 0.462 e. The van der Waals surface area contributed by atoms with Crippen LogP contribution in [0, 0.1) is 13.8 Å². The summed E-state index contributed by atoms with van der Waals surface area (Å²) >= 11 is 3.93. The van der Waals surface area contributed by atoms with Gasteiger partial charge in [0.2, 0.25) is 0 Å². The molecule has 0 fully saturated rings. The average molecular weight is 273 g/mol. The lowest BCUT2D eigenvalue weighted by molar-refractivity contribution is 0.0308. The molecule has 1 aromatic heterocycles. The molecule has 0 spiro atoms. The van der Waals surface area contributed by atoms with E-state index in [0.29, 0.717) is 29.1 Å². The van der Waals surface area contributed by atoms with E-state index in [0.717, 1.165) is 0 Å². The van der Waals surface area contributed by atoms with Crippen LogP contribution in [0.3, 0.4) is 0 Å². The summed E-state index contributed by atoms with van der Waals surface area (Å²) in [4.78, 5) is 14.7. The van der Waals surface area contributed by atoms with Crippen LogP contribution in [0.4, 0.5) is 0 Å². The number of hydrogen-bond acceptors (Lipinski definition) is 5. The molecule has 0 aliphatic carbocycles.